The number of nitriles is 1. The molecule has 5 nitrogen and oxygen atoms in total. The minimum absolute atomic E-state index is 0.0509. The van der Waals surface area contributed by atoms with E-state index >= 15 is 0 Å². The van der Waals surface area contributed by atoms with Gasteiger partial charge in [0, 0.05) is 19.2 Å². The lowest BCUT2D eigenvalue weighted by Gasteiger charge is -2.20. The van der Waals surface area contributed by atoms with Crippen LogP contribution in [0.2, 0.25) is 0 Å². The third kappa shape index (κ3) is 5.11. The minimum Gasteiger partial charge on any atom is -0.334 e. The monoisotopic (exact) mass is 273 g/mol. The van der Waals surface area contributed by atoms with Crippen LogP contribution < -0.4 is 5.32 Å². The third-order valence-corrected chi connectivity index (χ3v) is 2.86. The van der Waals surface area contributed by atoms with Gasteiger partial charge in [-0.05, 0) is 30.7 Å². The van der Waals surface area contributed by atoms with E-state index < -0.39 is 0 Å². The van der Waals surface area contributed by atoms with Crippen LogP contribution in [-0.2, 0) is 9.59 Å². The Morgan fingerprint density at radius 3 is 2.45 bits per heavy atom. The lowest BCUT2D eigenvalue weighted by atomic mass is 10.2. The number of anilines is 1. The van der Waals surface area contributed by atoms with Gasteiger partial charge in [-0.1, -0.05) is 13.3 Å². The van der Waals surface area contributed by atoms with Gasteiger partial charge in [0.25, 0.3) is 0 Å². The van der Waals surface area contributed by atoms with Gasteiger partial charge in [0.05, 0.1) is 18.2 Å². The van der Waals surface area contributed by atoms with Crippen molar-refractivity contribution in [3.63, 3.8) is 0 Å². The molecule has 1 N–H and O–H groups in total. The van der Waals surface area contributed by atoms with E-state index in [1.165, 1.54) is 11.8 Å². The van der Waals surface area contributed by atoms with Gasteiger partial charge in [-0.25, -0.2) is 0 Å². The van der Waals surface area contributed by atoms with Crippen LogP contribution in [0, 0.1) is 11.3 Å². The van der Waals surface area contributed by atoms with Crippen molar-refractivity contribution in [1.82, 2.24) is 4.90 Å². The van der Waals surface area contributed by atoms with Crippen LogP contribution in [0.3, 0.4) is 0 Å². The number of hydrogen-bond acceptors (Lipinski definition) is 3. The van der Waals surface area contributed by atoms with E-state index in [-0.39, 0.29) is 18.4 Å². The van der Waals surface area contributed by atoms with E-state index in [9.17, 15) is 9.59 Å². The van der Waals surface area contributed by atoms with Gasteiger partial charge in [-0.15, -0.1) is 0 Å². The number of carbonyl (C=O) groups excluding carboxylic acids is 2. The van der Waals surface area contributed by atoms with Gasteiger partial charge >= 0.3 is 0 Å². The first-order valence-corrected chi connectivity index (χ1v) is 6.62. The van der Waals surface area contributed by atoms with E-state index in [1.54, 1.807) is 24.3 Å². The van der Waals surface area contributed by atoms with E-state index in [1.807, 2.05) is 13.0 Å². The molecule has 1 aromatic rings. The number of amides is 2. The zero-order valence-corrected chi connectivity index (χ0v) is 11.8. The molecule has 0 saturated carbocycles. The average Bonchev–Trinajstić information content (AvgIpc) is 2.44. The minimum atomic E-state index is -0.235. The van der Waals surface area contributed by atoms with Crippen LogP contribution in [0.4, 0.5) is 5.69 Å². The van der Waals surface area contributed by atoms with Crippen molar-refractivity contribution in [2.24, 2.45) is 0 Å². The molecular weight excluding hydrogens is 254 g/mol. The third-order valence-electron chi connectivity index (χ3n) is 2.86. The van der Waals surface area contributed by atoms with Crippen molar-refractivity contribution in [1.29, 1.82) is 5.26 Å². The Morgan fingerprint density at radius 2 is 1.95 bits per heavy atom. The van der Waals surface area contributed by atoms with Crippen LogP contribution in [-0.4, -0.2) is 29.8 Å². The molecule has 0 fully saturated rings. The first-order valence-electron chi connectivity index (χ1n) is 6.62. The Hall–Kier alpha value is -2.35. The molecule has 0 aliphatic heterocycles. The molecule has 0 bridgehead atoms. The molecule has 0 aliphatic carbocycles. The van der Waals surface area contributed by atoms with Crippen molar-refractivity contribution in [3.05, 3.63) is 29.8 Å². The molecule has 0 unspecified atom stereocenters. The summed E-state index contributed by atoms with van der Waals surface area (Å²) in [5.74, 6) is -0.338. The normalized spacial score (nSPS) is 9.65. The van der Waals surface area contributed by atoms with E-state index in [0.717, 1.165) is 12.8 Å². The SMILES string of the molecule is CCCCN(CC(=O)Nc1ccc(C#N)cc1)C(C)=O. The van der Waals surface area contributed by atoms with E-state index in [0.29, 0.717) is 17.8 Å². The number of hydrogen-bond donors (Lipinski definition) is 1. The second-order valence-electron chi connectivity index (χ2n) is 4.53. The Morgan fingerprint density at radius 1 is 1.30 bits per heavy atom. The van der Waals surface area contributed by atoms with Gasteiger partial charge in [0.15, 0.2) is 0 Å². The maximum absolute atomic E-state index is 11.9. The first-order chi connectivity index (χ1) is 9.56. The quantitative estimate of drug-likeness (QED) is 0.863. The Kier molecular flexibility index (Phi) is 6.24. The van der Waals surface area contributed by atoms with Crippen LogP contribution in [0.15, 0.2) is 24.3 Å². The largest absolute Gasteiger partial charge is 0.334 e. The highest BCUT2D eigenvalue weighted by molar-refractivity contribution is 5.94. The number of rotatable bonds is 6. The van der Waals surface area contributed by atoms with Crippen LogP contribution >= 0.6 is 0 Å². The molecule has 5 heteroatoms. The van der Waals surface area contributed by atoms with Gasteiger partial charge < -0.3 is 10.2 Å². The first kappa shape index (κ1) is 15.7. The molecule has 0 aliphatic rings. The summed E-state index contributed by atoms with van der Waals surface area (Å²) in [5.41, 5.74) is 1.16. The van der Waals surface area contributed by atoms with Crippen molar-refractivity contribution < 1.29 is 9.59 Å². The number of unbranched alkanes of at least 4 members (excludes halogenated alkanes) is 1. The lowest BCUT2D eigenvalue weighted by molar-refractivity contribution is -0.132. The Balaban J connectivity index is 2.56. The molecule has 0 saturated heterocycles. The summed E-state index contributed by atoms with van der Waals surface area (Å²) in [5, 5.41) is 11.4. The molecule has 1 rings (SSSR count). The fourth-order valence-corrected chi connectivity index (χ4v) is 1.70. The molecule has 20 heavy (non-hydrogen) atoms. The van der Waals surface area contributed by atoms with Crippen molar-refractivity contribution in [2.75, 3.05) is 18.4 Å². The molecule has 1 aromatic carbocycles. The Bertz CT molecular complexity index is 503. The predicted molar refractivity (Wildman–Crippen MR) is 76.9 cm³/mol. The highest BCUT2D eigenvalue weighted by Gasteiger charge is 2.13. The molecule has 0 atom stereocenters. The average molecular weight is 273 g/mol. The summed E-state index contributed by atoms with van der Waals surface area (Å²) in [6.45, 7) is 4.14. The highest BCUT2D eigenvalue weighted by atomic mass is 16.2. The van der Waals surface area contributed by atoms with E-state index in [4.69, 9.17) is 5.26 Å². The topological polar surface area (TPSA) is 73.2 Å². The van der Waals surface area contributed by atoms with Crippen molar-refractivity contribution in [2.45, 2.75) is 26.7 Å². The molecular formula is C15H19N3O2. The molecule has 2 amide bonds. The standard InChI is InChI=1S/C15H19N3O2/c1-3-4-9-18(12(2)19)11-15(20)17-14-7-5-13(10-16)6-8-14/h5-8H,3-4,9,11H2,1-2H3,(H,17,20). The summed E-state index contributed by atoms with van der Waals surface area (Å²) >= 11 is 0. The summed E-state index contributed by atoms with van der Waals surface area (Å²) in [6, 6.07) is 8.62. The van der Waals surface area contributed by atoms with Gasteiger partial charge in [-0.2, -0.15) is 5.26 Å². The fourth-order valence-electron chi connectivity index (χ4n) is 1.70. The number of benzene rings is 1. The molecule has 0 heterocycles. The van der Waals surface area contributed by atoms with Crippen molar-refractivity contribution in [3.8, 4) is 6.07 Å². The number of nitrogens with zero attached hydrogens (tertiary/aromatic N) is 2. The summed E-state index contributed by atoms with van der Waals surface area (Å²) in [4.78, 5) is 24.8. The highest BCUT2D eigenvalue weighted by Crippen LogP contribution is 2.09. The second kappa shape index (κ2) is 7.95. The molecule has 0 aromatic heterocycles. The summed E-state index contributed by atoms with van der Waals surface area (Å²) in [7, 11) is 0. The number of carbonyl (C=O) groups is 2. The zero-order valence-electron chi connectivity index (χ0n) is 11.8. The van der Waals surface area contributed by atoms with Crippen molar-refractivity contribution >= 4 is 17.5 Å². The summed E-state index contributed by atoms with van der Waals surface area (Å²) < 4.78 is 0. The van der Waals surface area contributed by atoms with Crippen LogP contribution in [0.5, 0.6) is 0 Å². The lowest BCUT2D eigenvalue weighted by Crippen LogP contribution is -2.37. The Labute approximate surface area is 119 Å². The van der Waals surface area contributed by atoms with E-state index in [2.05, 4.69) is 5.32 Å². The molecule has 106 valence electrons. The maximum Gasteiger partial charge on any atom is 0.243 e. The molecule has 0 radical (unpaired) electrons. The second-order valence-corrected chi connectivity index (χ2v) is 4.53. The van der Waals surface area contributed by atoms with Gasteiger partial charge in [-0.3, -0.25) is 9.59 Å². The maximum atomic E-state index is 11.9. The molecule has 0 spiro atoms. The zero-order chi connectivity index (χ0) is 15.0. The summed E-state index contributed by atoms with van der Waals surface area (Å²) in [6.07, 6.45) is 1.85. The number of nitrogens with one attached hydrogen (secondary N) is 1. The fraction of sp³-hybridized carbons (Fsp3) is 0.400. The van der Waals surface area contributed by atoms with Crippen LogP contribution in [0.25, 0.3) is 0 Å². The van der Waals surface area contributed by atoms with Gasteiger partial charge in [0.2, 0.25) is 11.8 Å². The smallest absolute Gasteiger partial charge is 0.243 e. The van der Waals surface area contributed by atoms with Gasteiger partial charge in [0.1, 0.15) is 0 Å². The van der Waals surface area contributed by atoms with Crippen LogP contribution in [0.1, 0.15) is 32.3 Å². The predicted octanol–water partition coefficient (Wildman–Crippen LogP) is 2.15.